The molecular weight excluding hydrogens is 242 g/mol. The first-order valence-corrected chi connectivity index (χ1v) is 7.53. The number of hydrogen-bond acceptors (Lipinski definition) is 3. The van der Waals surface area contributed by atoms with E-state index in [1.165, 1.54) is 0 Å². The smallest absolute Gasteiger partial charge is 0.224 e. The molecule has 0 spiro atoms. The fraction of sp³-hybridized carbons (Fsp3) is 0.933. The summed E-state index contributed by atoms with van der Waals surface area (Å²) in [6.45, 7) is 8.64. The second-order valence-electron chi connectivity index (χ2n) is 6.09. The summed E-state index contributed by atoms with van der Waals surface area (Å²) in [6.07, 6.45) is 3.74. The lowest BCUT2D eigenvalue weighted by Gasteiger charge is -2.32. The number of likely N-dealkylation sites (tertiary alicyclic amines) is 1. The van der Waals surface area contributed by atoms with Crippen LogP contribution in [0.25, 0.3) is 0 Å². The first-order chi connectivity index (χ1) is 9.02. The Hall–Kier alpha value is -0.610. The van der Waals surface area contributed by atoms with Gasteiger partial charge in [-0.25, -0.2) is 0 Å². The number of ether oxygens (including phenoxy) is 1. The third-order valence-corrected chi connectivity index (χ3v) is 3.65. The number of aliphatic hydroxyl groups excluding tert-OH is 1. The standard InChI is InChI=1S/C15H29NO3/c1-12(2)9-13(3)19-8-6-15(18)16-7-4-5-14(10-16)11-17/h12-14,17H,4-11H2,1-3H3. The lowest BCUT2D eigenvalue weighted by molar-refractivity contribution is -0.134. The molecule has 0 aromatic carbocycles. The van der Waals surface area contributed by atoms with E-state index in [1.54, 1.807) is 0 Å². The summed E-state index contributed by atoms with van der Waals surface area (Å²) in [4.78, 5) is 13.9. The summed E-state index contributed by atoms with van der Waals surface area (Å²) < 4.78 is 5.67. The Bertz CT molecular complexity index is 268. The van der Waals surface area contributed by atoms with E-state index in [-0.39, 0.29) is 24.5 Å². The molecule has 1 saturated heterocycles. The molecule has 19 heavy (non-hydrogen) atoms. The monoisotopic (exact) mass is 271 g/mol. The van der Waals surface area contributed by atoms with E-state index in [4.69, 9.17) is 9.84 Å². The normalized spacial score (nSPS) is 21.7. The SMILES string of the molecule is CC(C)CC(C)OCCC(=O)N1CCCC(CO)C1. The van der Waals surface area contributed by atoms with E-state index in [0.29, 0.717) is 25.5 Å². The number of carbonyl (C=O) groups excluding carboxylic acids is 1. The maximum atomic E-state index is 12.0. The van der Waals surface area contributed by atoms with Crippen LogP contribution in [0.1, 0.15) is 46.5 Å². The minimum Gasteiger partial charge on any atom is -0.396 e. The van der Waals surface area contributed by atoms with Gasteiger partial charge in [0.15, 0.2) is 0 Å². The number of nitrogens with zero attached hydrogens (tertiary/aromatic N) is 1. The molecule has 1 rings (SSSR count). The van der Waals surface area contributed by atoms with Crippen molar-refractivity contribution in [3.63, 3.8) is 0 Å². The summed E-state index contributed by atoms with van der Waals surface area (Å²) >= 11 is 0. The molecule has 1 N–H and O–H groups in total. The third kappa shape index (κ3) is 6.39. The lowest BCUT2D eigenvalue weighted by Crippen LogP contribution is -2.41. The van der Waals surface area contributed by atoms with Gasteiger partial charge in [-0.05, 0) is 38.0 Å². The highest BCUT2D eigenvalue weighted by Crippen LogP contribution is 2.16. The van der Waals surface area contributed by atoms with Crippen molar-refractivity contribution in [2.24, 2.45) is 11.8 Å². The number of carbonyl (C=O) groups is 1. The number of aliphatic hydroxyl groups is 1. The van der Waals surface area contributed by atoms with Gasteiger partial charge in [-0.3, -0.25) is 4.79 Å². The molecule has 0 saturated carbocycles. The van der Waals surface area contributed by atoms with Crippen molar-refractivity contribution < 1.29 is 14.6 Å². The van der Waals surface area contributed by atoms with Crippen LogP contribution in [0, 0.1) is 11.8 Å². The maximum absolute atomic E-state index is 12.0. The minimum absolute atomic E-state index is 0.162. The van der Waals surface area contributed by atoms with Crippen molar-refractivity contribution in [2.75, 3.05) is 26.3 Å². The van der Waals surface area contributed by atoms with Crippen LogP contribution >= 0.6 is 0 Å². The first-order valence-electron chi connectivity index (χ1n) is 7.53. The average molecular weight is 271 g/mol. The highest BCUT2D eigenvalue weighted by atomic mass is 16.5. The Balaban J connectivity index is 2.20. The highest BCUT2D eigenvalue weighted by molar-refractivity contribution is 5.76. The number of hydrogen-bond donors (Lipinski definition) is 1. The molecule has 1 fully saturated rings. The average Bonchev–Trinajstić information content (AvgIpc) is 2.37. The van der Waals surface area contributed by atoms with Gasteiger partial charge in [0.1, 0.15) is 0 Å². The summed E-state index contributed by atoms with van der Waals surface area (Å²) in [5.74, 6) is 1.05. The van der Waals surface area contributed by atoms with Crippen LogP contribution in [0.5, 0.6) is 0 Å². The second-order valence-corrected chi connectivity index (χ2v) is 6.09. The van der Waals surface area contributed by atoms with E-state index in [1.807, 2.05) is 4.90 Å². The van der Waals surface area contributed by atoms with E-state index < -0.39 is 0 Å². The van der Waals surface area contributed by atoms with Crippen molar-refractivity contribution in [1.29, 1.82) is 0 Å². The number of piperidine rings is 1. The molecule has 1 aliphatic rings. The van der Waals surface area contributed by atoms with E-state index in [9.17, 15) is 4.79 Å². The first kappa shape index (κ1) is 16.4. The molecule has 2 atom stereocenters. The highest BCUT2D eigenvalue weighted by Gasteiger charge is 2.22. The molecule has 1 aliphatic heterocycles. The van der Waals surface area contributed by atoms with Crippen LogP contribution in [0.3, 0.4) is 0 Å². The summed E-state index contributed by atoms with van der Waals surface area (Å²) in [5, 5.41) is 9.16. The fourth-order valence-electron chi connectivity index (χ4n) is 2.68. The van der Waals surface area contributed by atoms with Gasteiger partial charge in [0.25, 0.3) is 0 Å². The van der Waals surface area contributed by atoms with Gasteiger partial charge in [0, 0.05) is 19.7 Å². The van der Waals surface area contributed by atoms with Gasteiger partial charge in [0.05, 0.1) is 19.1 Å². The molecule has 4 heteroatoms. The van der Waals surface area contributed by atoms with E-state index >= 15 is 0 Å². The van der Waals surface area contributed by atoms with Crippen LogP contribution in [-0.4, -0.2) is 48.3 Å². The maximum Gasteiger partial charge on any atom is 0.224 e. The molecule has 2 unspecified atom stereocenters. The zero-order valence-electron chi connectivity index (χ0n) is 12.6. The molecule has 0 aromatic heterocycles. The molecular formula is C15H29NO3. The zero-order chi connectivity index (χ0) is 14.3. The van der Waals surface area contributed by atoms with Crippen LogP contribution in [0.15, 0.2) is 0 Å². The van der Waals surface area contributed by atoms with Crippen molar-refractivity contribution in [2.45, 2.75) is 52.6 Å². The van der Waals surface area contributed by atoms with Crippen molar-refractivity contribution in [1.82, 2.24) is 4.90 Å². The quantitative estimate of drug-likeness (QED) is 0.771. The van der Waals surface area contributed by atoms with Gasteiger partial charge in [0.2, 0.25) is 5.91 Å². The van der Waals surface area contributed by atoms with Crippen LogP contribution in [0.4, 0.5) is 0 Å². The Labute approximate surface area is 117 Å². The molecule has 1 heterocycles. The Morgan fingerprint density at radius 3 is 2.79 bits per heavy atom. The predicted molar refractivity (Wildman–Crippen MR) is 75.9 cm³/mol. The largest absolute Gasteiger partial charge is 0.396 e. The second kappa shape index (κ2) is 8.54. The van der Waals surface area contributed by atoms with Crippen molar-refractivity contribution >= 4 is 5.91 Å². The minimum atomic E-state index is 0.162. The summed E-state index contributed by atoms with van der Waals surface area (Å²) in [5.41, 5.74) is 0. The summed E-state index contributed by atoms with van der Waals surface area (Å²) in [6, 6.07) is 0. The Morgan fingerprint density at radius 1 is 1.42 bits per heavy atom. The van der Waals surface area contributed by atoms with Crippen LogP contribution in [-0.2, 0) is 9.53 Å². The topological polar surface area (TPSA) is 49.8 Å². The summed E-state index contributed by atoms with van der Waals surface area (Å²) in [7, 11) is 0. The molecule has 0 bridgehead atoms. The molecule has 0 aliphatic carbocycles. The zero-order valence-corrected chi connectivity index (χ0v) is 12.6. The van der Waals surface area contributed by atoms with Gasteiger partial charge in [-0.1, -0.05) is 13.8 Å². The van der Waals surface area contributed by atoms with Gasteiger partial charge in [-0.2, -0.15) is 0 Å². The third-order valence-electron chi connectivity index (χ3n) is 3.65. The number of rotatable bonds is 7. The predicted octanol–water partition coefficient (Wildman–Crippen LogP) is 2.06. The molecule has 0 radical (unpaired) electrons. The molecule has 1 amide bonds. The molecule has 4 nitrogen and oxygen atoms in total. The Morgan fingerprint density at radius 2 is 2.16 bits per heavy atom. The van der Waals surface area contributed by atoms with Crippen LogP contribution < -0.4 is 0 Å². The van der Waals surface area contributed by atoms with Crippen molar-refractivity contribution in [3.05, 3.63) is 0 Å². The molecule has 0 aromatic rings. The van der Waals surface area contributed by atoms with Crippen LogP contribution in [0.2, 0.25) is 0 Å². The van der Waals surface area contributed by atoms with Gasteiger partial charge >= 0.3 is 0 Å². The number of amides is 1. The van der Waals surface area contributed by atoms with Crippen molar-refractivity contribution in [3.8, 4) is 0 Å². The van der Waals surface area contributed by atoms with E-state index in [0.717, 1.165) is 25.8 Å². The van der Waals surface area contributed by atoms with Gasteiger partial charge in [-0.15, -0.1) is 0 Å². The molecule has 112 valence electrons. The Kier molecular flexibility index (Phi) is 7.39. The lowest BCUT2D eigenvalue weighted by atomic mass is 9.99. The van der Waals surface area contributed by atoms with E-state index in [2.05, 4.69) is 20.8 Å². The fourth-order valence-corrected chi connectivity index (χ4v) is 2.68. The van der Waals surface area contributed by atoms with Gasteiger partial charge < -0.3 is 14.7 Å².